The van der Waals surface area contributed by atoms with E-state index in [1.165, 1.54) is 6.07 Å². The molecule has 2 atom stereocenters. The highest BCUT2D eigenvalue weighted by molar-refractivity contribution is 7.92. The molecule has 4 aliphatic rings. The lowest BCUT2D eigenvalue weighted by molar-refractivity contribution is -0.124. The summed E-state index contributed by atoms with van der Waals surface area (Å²) in [6, 6.07) is 20.6. The summed E-state index contributed by atoms with van der Waals surface area (Å²) in [4.78, 5) is 60.6. The Hall–Kier alpha value is -4.14. The second kappa shape index (κ2) is 28.4. The number of unbranched alkanes of at least 4 members (excludes halogenated alkanes) is 3. The van der Waals surface area contributed by atoms with Crippen molar-refractivity contribution < 1.29 is 36.0 Å². The highest BCUT2D eigenvalue weighted by atomic mass is 35.5. The molecule has 0 aromatic heterocycles. The van der Waals surface area contributed by atoms with E-state index in [0.717, 1.165) is 85.0 Å². The number of likely N-dealkylation sites (tertiary alicyclic amines) is 2. The Bertz CT molecular complexity index is 2890. The number of benzene rings is 4. The topological polar surface area (TPSA) is 186 Å². The van der Waals surface area contributed by atoms with Crippen molar-refractivity contribution in [3.63, 3.8) is 0 Å². The molecule has 4 aliphatic heterocycles. The Morgan fingerprint density at radius 2 is 1.06 bits per heavy atom. The molecule has 0 bridgehead atoms. The van der Waals surface area contributed by atoms with Gasteiger partial charge in [0.1, 0.15) is 11.5 Å². The number of nitrogens with zero attached hydrogens (tertiary/aromatic N) is 4. The zero-order valence-corrected chi connectivity index (χ0v) is 50.5. The minimum absolute atomic E-state index is 0.0344. The van der Waals surface area contributed by atoms with E-state index in [4.69, 9.17) is 46.4 Å². The van der Waals surface area contributed by atoms with Crippen molar-refractivity contribution in [2.75, 3.05) is 85.3 Å². The number of sulfone groups is 1. The predicted octanol–water partition coefficient (Wildman–Crippen LogP) is 9.72. The summed E-state index contributed by atoms with van der Waals surface area (Å²) in [7, 11) is -3.98. The number of halogens is 4. The number of carbonyl (C=O) groups is 4. The van der Waals surface area contributed by atoms with Gasteiger partial charge in [-0.05, 0) is 193 Å². The third-order valence-corrected chi connectivity index (χ3v) is 20.4. The first-order chi connectivity index (χ1) is 38.2. The molecule has 4 heterocycles. The van der Waals surface area contributed by atoms with E-state index in [-0.39, 0.29) is 45.1 Å². The second-order valence-corrected chi connectivity index (χ2v) is 27.7. The molecule has 0 saturated carbocycles. The Morgan fingerprint density at radius 3 is 1.62 bits per heavy atom. The van der Waals surface area contributed by atoms with Crippen LogP contribution in [0, 0.1) is 11.8 Å². The van der Waals surface area contributed by atoms with Crippen LogP contribution in [0.3, 0.4) is 0 Å². The molecule has 3 amide bonds. The zero-order valence-electron chi connectivity index (χ0n) is 45.8. The Morgan fingerprint density at radius 1 is 0.575 bits per heavy atom. The number of hydrogen-bond donors (Lipinski definition) is 3. The Labute approximate surface area is 492 Å². The van der Waals surface area contributed by atoms with Gasteiger partial charge in [-0.2, -0.15) is 0 Å². The van der Waals surface area contributed by atoms with E-state index in [0.29, 0.717) is 124 Å². The van der Waals surface area contributed by atoms with Crippen LogP contribution in [0.15, 0.2) is 82.6 Å². The maximum Gasteiger partial charge on any atom is 0.314 e. The van der Waals surface area contributed by atoms with E-state index >= 15 is 0 Å². The first kappa shape index (κ1) is 61.9. The number of Topliss-reactive ketones (excluding diaryl/α,β-unsaturated/α-hetero) is 2. The fraction of sp³-hybridized carbons (Fsp3) is 0.525. The normalized spacial score (nSPS) is 19.0. The van der Waals surface area contributed by atoms with Gasteiger partial charge >= 0.3 is 6.03 Å². The lowest BCUT2D eigenvalue weighted by Gasteiger charge is -2.33. The standard InChI is InChI=1S/C59H75Cl4N7O8S2/c1-67-35-51(49-31-44(60)33-55(62)53(49)37-67)42-11-8-15-47(29-42)79(75,76)39-57(72)40-17-25-70(26-18-40)24-10-22-65-59(74)64-21-6-3-4-13-46(71)14-5-7-23-69-27-19-41(20-28-69)58(73)66-80(77,78)48-16-9-12-43(30-48)52-36-68(2)38-54-50(52)32-45(61)34-56(54)63/h8-9,11-12,15-16,29-34,40-41,51-52H,3-7,10,13-14,17-28,35-39H2,1-2H3,(H,66,73)(H2,64,65,74). The largest absolute Gasteiger partial charge is 0.338 e. The van der Waals surface area contributed by atoms with Gasteiger partial charge in [0.15, 0.2) is 15.6 Å². The van der Waals surface area contributed by atoms with Crippen LogP contribution < -0.4 is 15.4 Å². The number of sulfonamides is 1. The smallest absolute Gasteiger partial charge is 0.314 e. The van der Waals surface area contributed by atoms with Gasteiger partial charge in [-0.1, -0.05) is 77.1 Å². The third kappa shape index (κ3) is 16.8. The number of fused-ring (bicyclic) bond motifs is 2. The monoisotopic (exact) mass is 1210 g/mol. The summed E-state index contributed by atoms with van der Waals surface area (Å²) in [5.41, 5.74) is 5.53. The quantitative estimate of drug-likeness (QED) is 0.0565. The highest BCUT2D eigenvalue weighted by Gasteiger charge is 2.34. The summed E-state index contributed by atoms with van der Waals surface area (Å²) in [5, 5.41) is 8.03. The van der Waals surface area contributed by atoms with Crippen LogP contribution in [0.25, 0.3) is 0 Å². The molecule has 0 aliphatic carbocycles. The van der Waals surface area contributed by atoms with Gasteiger partial charge in [-0.15, -0.1) is 0 Å². The van der Waals surface area contributed by atoms with E-state index in [2.05, 4.69) is 35.0 Å². The van der Waals surface area contributed by atoms with Gasteiger partial charge in [0, 0.05) is 95.9 Å². The van der Waals surface area contributed by atoms with Crippen LogP contribution in [0.1, 0.15) is 122 Å². The molecule has 0 spiro atoms. The van der Waals surface area contributed by atoms with Crippen LogP contribution in [0.5, 0.6) is 0 Å². The van der Waals surface area contributed by atoms with E-state index in [9.17, 15) is 36.0 Å². The van der Waals surface area contributed by atoms with Crippen LogP contribution >= 0.6 is 46.4 Å². The first-order valence-electron chi connectivity index (χ1n) is 28.1. The molecule has 2 saturated heterocycles. The van der Waals surface area contributed by atoms with Crippen molar-refractivity contribution >= 4 is 89.8 Å². The fourth-order valence-electron chi connectivity index (χ4n) is 11.8. The van der Waals surface area contributed by atoms with Gasteiger partial charge in [0.05, 0.1) is 9.79 Å². The third-order valence-electron chi connectivity index (χ3n) is 16.3. The molecule has 4 aromatic carbocycles. The van der Waals surface area contributed by atoms with Gasteiger partial charge < -0.3 is 30.2 Å². The number of piperidine rings is 2. The Kier molecular flexibility index (Phi) is 22.0. The molecular weight excluding hydrogens is 1140 g/mol. The van der Waals surface area contributed by atoms with Crippen LogP contribution in [0.2, 0.25) is 20.1 Å². The van der Waals surface area contributed by atoms with E-state index in [1.807, 2.05) is 38.4 Å². The van der Waals surface area contributed by atoms with Crippen molar-refractivity contribution in [2.45, 2.75) is 112 Å². The van der Waals surface area contributed by atoms with Crippen LogP contribution in [-0.2, 0) is 47.3 Å². The highest BCUT2D eigenvalue weighted by Crippen LogP contribution is 2.41. The number of urea groups is 1. The molecule has 434 valence electrons. The number of amides is 3. The molecule has 0 radical (unpaired) electrons. The molecule has 2 unspecified atom stereocenters. The summed E-state index contributed by atoms with van der Waals surface area (Å²) in [6.07, 6.45) is 8.07. The minimum atomic E-state index is -4.11. The predicted molar refractivity (Wildman–Crippen MR) is 316 cm³/mol. The number of carbonyl (C=O) groups excluding carboxylic acids is 4. The summed E-state index contributed by atoms with van der Waals surface area (Å²) < 4.78 is 56.6. The molecular formula is C59H75Cl4N7O8S2. The lowest BCUT2D eigenvalue weighted by Crippen LogP contribution is -2.42. The van der Waals surface area contributed by atoms with Crippen LogP contribution in [-0.4, -0.2) is 145 Å². The number of likely N-dealkylation sites (N-methyl/N-ethyl adjacent to an activating group) is 2. The number of ketones is 2. The maximum absolute atomic E-state index is 13.6. The van der Waals surface area contributed by atoms with Crippen molar-refractivity contribution in [2.24, 2.45) is 11.8 Å². The lowest BCUT2D eigenvalue weighted by atomic mass is 9.85. The fourth-order valence-corrected chi connectivity index (χ4v) is 15.4. The number of hydrogen-bond acceptors (Lipinski definition) is 12. The SMILES string of the molecule is CN1Cc2c(Cl)cc(Cl)cc2C(c2cccc(S(=O)(=O)CC(=O)C3CCN(CCCNC(=O)NCCCCCC(=O)CCCCN4CCC(C(=O)NS(=O)(=O)c5cccc(C6CN(C)Cc7c(Cl)cc(Cl)cc76)c5)CC4)CC3)c2)C1. The van der Waals surface area contributed by atoms with E-state index in [1.54, 1.807) is 42.5 Å². The average molecular weight is 1220 g/mol. The summed E-state index contributed by atoms with van der Waals surface area (Å²) >= 11 is 25.9. The van der Waals surface area contributed by atoms with Crippen molar-refractivity contribution in [1.29, 1.82) is 0 Å². The summed E-state index contributed by atoms with van der Waals surface area (Å²) in [6.45, 7) is 7.98. The molecule has 80 heavy (non-hydrogen) atoms. The first-order valence-corrected chi connectivity index (χ1v) is 32.7. The van der Waals surface area contributed by atoms with E-state index < -0.39 is 37.4 Å². The van der Waals surface area contributed by atoms with Gasteiger partial charge in [0.25, 0.3) is 10.0 Å². The molecule has 21 heteroatoms. The van der Waals surface area contributed by atoms with Gasteiger partial charge in [-0.3, -0.25) is 14.4 Å². The number of rotatable bonds is 24. The second-order valence-electron chi connectivity index (χ2n) is 22.3. The van der Waals surface area contributed by atoms with Crippen LogP contribution in [0.4, 0.5) is 4.79 Å². The maximum atomic E-state index is 13.6. The van der Waals surface area contributed by atoms with Gasteiger partial charge in [0.2, 0.25) is 5.91 Å². The summed E-state index contributed by atoms with van der Waals surface area (Å²) in [5.74, 6) is -2.04. The molecule has 8 rings (SSSR count). The Balaban J connectivity index is 0.629. The molecule has 4 aromatic rings. The van der Waals surface area contributed by atoms with Crippen molar-refractivity contribution in [3.8, 4) is 0 Å². The minimum Gasteiger partial charge on any atom is -0.338 e. The van der Waals surface area contributed by atoms with Crippen molar-refractivity contribution in [3.05, 3.63) is 126 Å². The molecule has 3 N–H and O–H groups in total. The van der Waals surface area contributed by atoms with Gasteiger partial charge in [-0.25, -0.2) is 26.4 Å². The molecule has 2 fully saturated rings. The average Bonchev–Trinajstić information content (AvgIpc) is 3.42. The number of nitrogens with one attached hydrogen (secondary N) is 3. The zero-order chi connectivity index (χ0) is 57.1. The molecule has 15 nitrogen and oxygen atoms in total. The van der Waals surface area contributed by atoms with Crippen molar-refractivity contribution in [1.82, 2.24) is 35.0 Å².